The second-order valence-corrected chi connectivity index (χ2v) is 6.00. The van der Waals surface area contributed by atoms with Gasteiger partial charge in [0.05, 0.1) is 11.9 Å². The van der Waals surface area contributed by atoms with Gasteiger partial charge in [-0.15, -0.1) is 0 Å². The van der Waals surface area contributed by atoms with Crippen LogP contribution >= 0.6 is 0 Å². The van der Waals surface area contributed by atoms with Gasteiger partial charge >= 0.3 is 0 Å². The first-order valence-corrected chi connectivity index (χ1v) is 7.86. The molecule has 3 aromatic rings. The summed E-state index contributed by atoms with van der Waals surface area (Å²) in [6.07, 6.45) is 0.214. The lowest BCUT2D eigenvalue weighted by molar-refractivity contribution is -0.115. The van der Waals surface area contributed by atoms with Crippen LogP contribution in [0.15, 0.2) is 42.5 Å². The van der Waals surface area contributed by atoms with Crippen molar-refractivity contribution in [3.63, 3.8) is 0 Å². The summed E-state index contributed by atoms with van der Waals surface area (Å²) in [5.74, 6) is -0.539. The van der Waals surface area contributed by atoms with E-state index in [1.807, 2.05) is 45.0 Å². The van der Waals surface area contributed by atoms with Gasteiger partial charge in [-0.05, 0) is 55.7 Å². The molecule has 0 unspecified atom stereocenters. The van der Waals surface area contributed by atoms with Gasteiger partial charge in [-0.25, -0.2) is 4.39 Å². The summed E-state index contributed by atoms with van der Waals surface area (Å²) >= 11 is 0. The number of carbonyl (C=O) groups is 1. The fourth-order valence-corrected chi connectivity index (χ4v) is 2.91. The quantitative estimate of drug-likeness (QED) is 0.772. The summed E-state index contributed by atoms with van der Waals surface area (Å²) in [5.41, 5.74) is 5.08. The predicted molar refractivity (Wildman–Crippen MR) is 94.7 cm³/mol. The van der Waals surface area contributed by atoms with Gasteiger partial charge in [0.2, 0.25) is 5.91 Å². The highest BCUT2D eigenvalue weighted by atomic mass is 19.1. The number of rotatable bonds is 3. The third-order valence-corrected chi connectivity index (χ3v) is 4.30. The number of nitrogens with one attached hydrogen (secondary N) is 1. The highest BCUT2D eigenvalue weighted by molar-refractivity contribution is 5.94. The molecule has 0 atom stereocenters. The molecule has 0 aliphatic carbocycles. The normalized spacial score (nSPS) is 10.8. The molecular formula is C20H19FN2O. The van der Waals surface area contributed by atoms with Gasteiger partial charge in [-0.2, -0.15) is 0 Å². The second-order valence-electron chi connectivity index (χ2n) is 6.00. The van der Waals surface area contributed by atoms with Crippen molar-refractivity contribution < 1.29 is 9.18 Å². The van der Waals surface area contributed by atoms with E-state index in [0.29, 0.717) is 5.69 Å². The number of anilines is 1. The number of hydrogen-bond acceptors (Lipinski definition) is 2. The van der Waals surface area contributed by atoms with Crippen LogP contribution in [0.2, 0.25) is 0 Å². The fourth-order valence-electron chi connectivity index (χ4n) is 2.91. The van der Waals surface area contributed by atoms with Crippen LogP contribution in [-0.2, 0) is 11.2 Å². The molecule has 0 saturated heterocycles. The van der Waals surface area contributed by atoms with Crippen molar-refractivity contribution in [2.75, 3.05) is 5.32 Å². The minimum absolute atomic E-state index is 0.174. The van der Waals surface area contributed by atoms with E-state index in [0.717, 1.165) is 33.3 Å². The van der Waals surface area contributed by atoms with Gasteiger partial charge in [0.1, 0.15) is 5.82 Å². The lowest BCUT2D eigenvalue weighted by Gasteiger charge is -2.13. The molecule has 1 N–H and O–H groups in total. The molecule has 0 radical (unpaired) electrons. The molecule has 0 aliphatic rings. The molecule has 0 saturated carbocycles. The van der Waals surface area contributed by atoms with Gasteiger partial charge in [0, 0.05) is 16.8 Å². The molecular weight excluding hydrogens is 303 g/mol. The topological polar surface area (TPSA) is 42.0 Å². The van der Waals surface area contributed by atoms with E-state index in [9.17, 15) is 9.18 Å². The summed E-state index contributed by atoms with van der Waals surface area (Å²) in [4.78, 5) is 17.0. The highest BCUT2D eigenvalue weighted by Gasteiger charge is 2.14. The van der Waals surface area contributed by atoms with Crippen molar-refractivity contribution >= 4 is 22.5 Å². The van der Waals surface area contributed by atoms with Gasteiger partial charge in [-0.3, -0.25) is 9.78 Å². The number of para-hydroxylation sites is 1. The number of amides is 1. The van der Waals surface area contributed by atoms with Crippen LogP contribution in [0, 0.1) is 26.6 Å². The van der Waals surface area contributed by atoms with Crippen LogP contribution in [0.3, 0.4) is 0 Å². The van der Waals surface area contributed by atoms with E-state index in [-0.39, 0.29) is 18.1 Å². The maximum Gasteiger partial charge on any atom is 0.228 e. The first kappa shape index (κ1) is 16.1. The molecule has 122 valence electrons. The van der Waals surface area contributed by atoms with Crippen molar-refractivity contribution in [2.24, 2.45) is 0 Å². The Morgan fingerprint density at radius 3 is 2.67 bits per heavy atom. The largest absolute Gasteiger partial charge is 0.325 e. The average Bonchev–Trinajstić information content (AvgIpc) is 2.55. The van der Waals surface area contributed by atoms with Crippen LogP contribution in [0.1, 0.15) is 22.4 Å². The monoisotopic (exact) mass is 322 g/mol. The average molecular weight is 322 g/mol. The predicted octanol–water partition coefficient (Wildman–Crippen LogP) is 4.48. The Morgan fingerprint density at radius 1 is 1.12 bits per heavy atom. The Kier molecular flexibility index (Phi) is 4.30. The number of nitrogens with zero attached hydrogens (tertiary/aromatic N) is 1. The summed E-state index contributed by atoms with van der Waals surface area (Å²) in [5, 5.41) is 3.84. The van der Waals surface area contributed by atoms with Crippen LogP contribution in [-0.4, -0.2) is 10.9 Å². The lowest BCUT2D eigenvalue weighted by Crippen LogP contribution is -2.17. The van der Waals surface area contributed by atoms with Gasteiger partial charge in [0.25, 0.3) is 0 Å². The standard InChI is InChI=1S/C20H19FN2O/c1-12-8-9-15(21)10-19(12)23-20(24)11-17-13(2)16-6-4-5-7-18(16)22-14(17)3/h4-10H,11H2,1-3H3,(H,23,24). The van der Waals surface area contributed by atoms with Gasteiger partial charge in [0.15, 0.2) is 0 Å². The first-order chi connectivity index (χ1) is 11.5. The highest BCUT2D eigenvalue weighted by Crippen LogP contribution is 2.23. The van der Waals surface area contributed by atoms with E-state index >= 15 is 0 Å². The molecule has 1 amide bonds. The Labute approximate surface area is 140 Å². The van der Waals surface area contributed by atoms with E-state index in [1.54, 1.807) is 6.07 Å². The number of hydrogen-bond donors (Lipinski definition) is 1. The Morgan fingerprint density at radius 2 is 1.88 bits per heavy atom. The van der Waals surface area contributed by atoms with Crippen LogP contribution < -0.4 is 5.32 Å². The van der Waals surface area contributed by atoms with E-state index in [2.05, 4.69) is 10.3 Å². The summed E-state index contributed by atoms with van der Waals surface area (Å²) in [6.45, 7) is 5.76. The third kappa shape index (κ3) is 3.13. The van der Waals surface area contributed by atoms with Crippen molar-refractivity contribution in [3.8, 4) is 0 Å². The molecule has 3 nitrogen and oxygen atoms in total. The van der Waals surface area contributed by atoms with Crippen molar-refractivity contribution in [1.29, 1.82) is 0 Å². The summed E-state index contributed by atoms with van der Waals surface area (Å²) < 4.78 is 13.4. The van der Waals surface area contributed by atoms with Gasteiger partial charge < -0.3 is 5.32 Å². The second kappa shape index (κ2) is 6.40. The molecule has 0 aliphatic heterocycles. The zero-order valence-electron chi connectivity index (χ0n) is 14.0. The Balaban J connectivity index is 1.89. The molecule has 1 heterocycles. The van der Waals surface area contributed by atoms with Crippen molar-refractivity contribution in [2.45, 2.75) is 27.2 Å². The number of halogens is 1. The van der Waals surface area contributed by atoms with E-state index in [1.165, 1.54) is 12.1 Å². The number of pyridine rings is 1. The summed E-state index contributed by atoms with van der Waals surface area (Å²) in [7, 11) is 0. The SMILES string of the molecule is Cc1ccc(F)cc1NC(=O)Cc1c(C)nc2ccccc2c1C. The smallest absolute Gasteiger partial charge is 0.228 e. The molecule has 1 aromatic heterocycles. The molecule has 2 aromatic carbocycles. The maximum atomic E-state index is 13.4. The lowest BCUT2D eigenvalue weighted by atomic mass is 9.99. The van der Waals surface area contributed by atoms with E-state index < -0.39 is 0 Å². The number of fused-ring (bicyclic) bond motifs is 1. The molecule has 0 bridgehead atoms. The maximum absolute atomic E-state index is 13.4. The zero-order valence-corrected chi connectivity index (χ0v) is 14.0. The molecule has 24 heavy (non-hydrogen) atoms. The zero-order chi connectivity index (χ0) is 17.3. The minimum Gasteiger partial charge on any atom is -0.325 e. The van der Waals surface area contributed by atoms with Crippen molar-refractivity contribution in [1.82, 2.24) is 4.98 Å². The number of aromatic nitrogens is 1. The van der Waals surface area contributed by atoms with Crippen molar-refractivity contribution in [3.05, 3.63) is 70.7 Å². The van der Waals surface area contributed by atoms with Crippen LogP contribution in [0.25, 0.3) is 10.9 Å². The number of benzene rings is 2. The fraction of sp³-hybridized carbons (Fsp3) is 0.200. The molecule has 3 rings (SSSR count). The third-order valence-electron chi connectivity index (χ3n) is 4.30. The Hall–Kier alpha value is -2.75. The number of carbonyl (C=O) groups excluding carboxylic acids is 1. The molecule has 0 spiro atoms. The van der Waals surface area contributed by atoms with Crippen LogP contribution in [0.4, 0.5) is 10.1 Å². The summed E-state index contributed by atoms with van der Waals surface area (Å²) in [6, 6.07) is 12.3. The number of aryl methyl sites for hydroxylation is 3. The Bertz CT molecular complexity index is 934. The van der Waals surface area contributed by atoms with Crippen LogP contribution in [0.5, 0.6) is 0 Å². The molecule has 4 heteroatoms. The first-order valence-electron chi connectivity index (χ1n) is 7.86. The van der Waals surface area contributed by atoms with E-state index in [4.69, 9.17) is 0 Å². The molecule has 0 fully saturated rings. The van der Waals surface area contributed by atoms with Gasteiger partial charge in [-0.1, -0.05) is 24.3 Å². The minimum atomic E-state index is -0.365.